The summed E-state index contributed by atoms with van der Waals surface area (Å²) in [6.45, 7) is 1.94. The summed E-state index contributed by atoms with van der Waals surface area (Å²) in [5.41, 5.74) is 0.987. The minimum absolute atomic E-state index is 0.797. The van der Waals surface area contributed by atoms with E-state index >= 15 is 0 Å². The predicted octanol–water partition coefficient (Wildman–Crippen LogP) is 1.77. The number of nitrogens with zero attached hydrogens (tertiary/aromatic N) is 2. The van der Waals surface area contributed by atoms with Crippen LogP contribution in [-0.4, -0.2) is 9.55 Å². The lowest BCUT2D eigenvalue weighted by atomic mass is 10.5. The van der Waals surface area contributed by atoms with E-state index in [2.05, 4.69) is 4.98 Å². The molecule has 0 atom stereocenters. The van der Waals surface area contributed by atoms with Crippen LogP contribution in [0.25, 0.3) is 5.88 Å². The maximum Gasteiger partial charge on any atom is 0.204 e. The zero-order chi connectivity index (χ0) is 7.68. The fourth-order valence-electron chi connectivity index (χ4n) is 0.959. The summed E-state index contributed by atoms with van der Waals surface area (Å²) in [5, 5.41) is 0. The van der Waals surface area contributed by atoms with E-state index in [1.165, 1.54) is 0 Å². The first kappa shape index (κ1) is 6.22. The van der Waals surface area contributed by atoms with Gasteiger partial charge in [0.25, 0.3) is 0 Å². The molecule has 0 radical (unpaired) electrons. The first-order valence-corrected chi connectivity index (χ1v) is 3.41. The van der Waals surface area contributed by atoms with E-state index < -0.39 is 0 Å². The first-order valence-electron chi connectivity index (χ1n) is 3.41. The molecule has 0 fully saturated rings. The van der Waals surface area contributed by atoms with E-state index in [4.69, 9.17) is 4.42 Å². The monoisotopic (exact) mass is 148 g/mol. The van der Waals surface area contributed by atoms with Crippen LogP contribution >= 0.6 is 0 Å². The smallest absolute Gasteiger partial charge is 0.204 e. The number of aromatic nitrogens is 2. The van der Waals surface area contributed by atoms with Crippen molar-refractivity contribution in [2.24, 2.45) is 0 Å². The van der Waals surface area contributed by atoms with Crippen LogP contribution in [0.1, 0.15) is 5.69 Å². The van der Waals surface area contributed by atoms with Crippen molar-refractivity contribution in [3.63, 3.8) is 0 Å². The highest BCUT2D eigenvalue weighted by molar-refractivity contribution is 5.18. The Morgan fingerprint density at radius 2 is 2.45 bits per heavy atom. The van der Waals surface area contributed by atoms with E-state index in [-0.39, 0.29) is 0 Å². The summed E-state index contributed by atoms with van der Waals surface area (Å²) < 4.78 is 7.00. The lowest BCUT2D eigenvalue weighted by Gasteiger charge is -1.91. The fourth-order valence-corrected chi connectivity index (χ4v) is 0.959. The van der Waals surface area contributed by atoms with Crippen LogP contribution in [0.4, 0.5) is 0 Å². The first-order chi connectivity index (χ1) is 5.36. The molecule has 11 heavy (non-hydrogen) atoms. The highest BCUT2D eigenvalue weighted by Crippen LogP contribution is 2.07. The Morgan fingerprint density at radius 3 is 3.00 bits per heavy atom. The van der Waals surface area contributed by atoms with Crippen LogP contribution in [0.2, 0.25) is 0 Å². The summed E-state index contributed by atoms with van der Waals surface area (Å²) in [6.07, 6.45) is 5.29. The largest absolute Gasteiger partial charge is 0.448 e. The topological polar surface area (TPSA) is 31.0 Å². The second-order valence-electron chi connectivity index (χ2n) is 2.37. The van der Waals surface area contributed by atoms with Gasteiger partial charge < -0.3 is 4.42 Å². The summed E-state index contributed by atoms with van der Waals surface area (Å²) in [7, 11) is 0. The van der Waals surface area contributed by atoms with Gasteiger partial charge >= 0.3 is 0 Å². The highest BCUT2D eigenvalue weighted by atomic mass is 16.3. The Morgan fingerprint density at radius 1 is 1.55 bits per heavy atom. The van der Waals surface area contributed by atoms with Crippen LogP contribution in [0.15, 0.2) is 35.3 Å². The zero-order valence-electron chi connectivity index (χ0n) is 6.19. The average Bonchev–Trinajstić information content (AvgIpc) is 2.55. The Labute approximate surface area is 64.3 Å². The third-order valence-corrected chi connectivity index (χ3v) is 1.47. The minimum atomic E-state index is 0.797. The minimum Gasteiger partial charge on any atom is -0.448 e. The van der Waals surface area contributed by atoms with Crippen LogP contribution in [0, 0.1) is 6.92 Å². The van der Waals surface area contributed by atoms with E-state index in [9.17, 15) is 0 Å². The molecule has 0 N–H and O–H groups in total. The summed E-state index contributed by atoms with van der Waals surface area (Å²) in [6, 6.07) is 3.74. The van der Waals surface area contributed by atoms with Gasteiger partial charge in [-0.05, 0) is 13.0 Å². The molecule has 2 aromatic rings. The van der Waals surface area contributed by atoms with Gasteiger partial charge in [-0.15, -0.1) is 0 Å². The SMILES string of the molecule is Cc1cn(-c2ccco2)cn1. The molecule has 0 saturated heterocycles. The van der Waals surface area contributed by atoms with Gasteiger partial charge in [0.2, 0.25) is 5.88 Å². The molecule has 2 aromatic heterocycles. The molecule has 0 amide bonds. The summed E-state index contributed by atoms with van der Waals surface area (Å²) >= 11 is 0. The van der Waals surface area contributed by atoms with Crippen molar-refractivity contribution >= 4 is 0 Å². The van der Waals surface area contributed by atoms with Gasteiger partial charge in [0.1, 0.15) is 6.33 Å². The average molecular weight is 148 g/mol. The van der Waals surface area contributed by atoms with Crippen molar-refractivity contribution in [3.8, 4) is 5.88 Å². The molecule has 2 heterocycles. The van der Waals surface area contributed by atoms with Gasteiger partial charge in [0.05, 0.1) is 12.0 Å². The van der Waals surface area contributed by atoms with Gasteiger partial charge in [0.15, 0.2) is 0 Å². The van der Waals surface area contributed by atoms with E-state index in [0.29, 0.717) is 0 Å². The molecule has 0 aliphatic heterocycles. The van der Waals surface area contributed by atoms with Gasteiger partial charge in [-0.25, -0.2) is 4.98 Å². The second-order valence-corrected chi connectivity index (χ2v) is 2.37. The van der Waals surface area contributed by atoms with Gasteiger partial charge in [-0.3, -0.25) is 4.57 Å². The Hall–Kier alpha value is -1.51. The van der Waals surface area contributed by atoms with E-state index in [1.54, 1.807) is 12.6 Å². The maximum atomic E-state index is 5.16. The lowest BCUT2D eigenvalue weighted by Crippen LogP contribution is -1.84. The van der Waals surface area contributed by atoms with Crippen molar-refractivity contribution in [2.75, 3.05) is 0 Å². The number of imidazole rings is 1. The van der Waals surface area contributed by atoms with Crippen molar-refractivity contribution in [1.29, 1.82) is 0 Å². The van der Waals surface area contributed by atoms with Crippen LogP contribution in [-0.2, 0) is 0 Å². The molecule has 56 valence electrons. The third kappa shape index (κ3) is 1.05. The molecule has 0 aliphatic carbocycles. The van der Waals surface area contributed by atoms with Crippen molar-refractivity contribution in [1.82, 2.24) is 9.55 Å². The highest BCUT2D eigenvalue weighted by Gasteiger charge is 1.97. The van der Waals surface area contributed by atoms with Crippen molar-refractivity contribution in [3.05, 3.63) is 36.6 Å². The molecule has 0 aliphatic rings. The van der Waals surface area contributed by atoms with Crippen LogP contribution in [0.3, 0.4) is 0 Å². The Kier molecular flexibility index (Phi) is 1.28. The lowest BCUT2D eigenvalue weighted by molar-refractivity contribution is 0.538. The van der Waals surface area contributed by atoms with Gasteiger partial charge in [0, 0.05) is 12.3 Å². The fraction of sp³-hybridized carbons (Fsp3) is 0.125. The zero-order valence-corrected chi connectivity index (χ0v) is 6.19. The molecular weight excluding hydrogens is 140 g/mol. The normalized spacial score (nSPS) is 10.3. The molecule has 3 nitrogen and oxygen atoms in total. The number of rotatable bonds is 1. The Bertz CT molecular complexity index is 335. The van der Waals surface area contributed by atoms with Crippen molar-refractivity contribution < 1.29 is 4.42 Å². The maximum absolute atomic E-state index is 5.16. The number of furan rings is 1. The van der Waals surface area contributed by atoms with Crippen molar-refractivity contribution in [2.45, 2.75) is 6.92 Å². The molecular formula is C8H8N2O. The third-order valence-electron chi connectivity index (χ3n) is 1.47. The molecule has 2 rings (SSSR count). The Balaban J connectivity index is 2.45. The van der Waals surface area contributed by atoms with E-state index in [1.807, 2.05) is 29.8 Å². The predicted molar refractivity (Wildman–Crippen MR) is 40.6 cm³/mol. The van der Waals surface area contributed by atoms with E-state index in [0.717, 1.165) is 11.6 Å². The molecule has 0 spiro atoms. The molecule has 0 aromatic carbocycles. The van der Waals surface area contributed by atoms with Gasteiger partial charge in [-0.1, -0.05) is 0 Å². The summed E-state index contributed by atoms with van der Waals surface area (Å²) in [5.74, 6) is 0.797. The number of hydrogen-bond donors (Lipinski definition) is 0. The quantitative estimate of drug-likeness (QED) is 0.617. The molecule has 0 bridgehead atoms. The van der Waals surface area contributed by atoms with Gasteiger partial charge in [-0.2, -0.15) is 0 Å². The molecule has 0 saturated carbocycles. The standard InChI is InChI=1S/C8H8N2O/c1-7-5-10(6-9-7)8-3-2-4-11-8/h2-6H,1H3. The number of aryl methyl sites for hydroxylation is 1. The molecule has 0 unspecified atom stereocenters. The summed E-state index contributed by atoms with van der Waals surface area (Å²) in [4.78, 5) is 4.08. The van der Waals surface area contributed by atoms with Crippen LogP contribution < -0.4 is 0 Å². The van der Waals surface area contributed by atoms with Crippen LogP contribution in [0.5, 0.6) is 0 Å². The second kappa shape index (κ2) is 2.27. The molecule has 3 heteroatoms. The number of hydrogen-bond acceptors (Lipinski definition) is 2.